The van der Waals surface area contributed by atoms with Crippen LogP contribution in [0.15, 0.2) is 42.5 Å². The van der Waals surface area contributed by atoms with Gasteiger partial charge in [-0.25, -0.2) is 0 Å². The summed E-state index contributed by atoms with van der Waals surface area (Å²) >= 11 is 6.25. The lowest BCUT2D eigenvalue weighted by molar-refractivity contribution is 0.0663. The summed E-state index contributed by atoms with van der Waals surface area (Å²) in [6.07, 6.45) is -0.0744. The summed E-state index contributed by atoms with van der Waals surface area (Å²) in [4.78, 5) is 16.3. The highest BCUT2D eigenvalue weighted by atomic mass is 35.5. The summed E-state index contributed by atoms with van der Waals surface area (Å²) in [7, 11) is 0. The van der Waals surface area contributed by atoms with Crippen LogP contribution in [0.5, 0.6) is 5.75 Å². The Morgan fingerprint density at radius 1 is 1.14 bits per heavy atom. The molecule has 0 spiro atoms. The predicted molar refractivity (Wildman–Crippen MR) is 117 cm³/mol. The van der Waals surface area contributed by atoms with Gasteiger partial charge in [0.15, 0.2) is 5.78 Å². The summed E-state index contributed by atoms with van der Waals surface area (Å²) in [5.74, 6) is 0.779. The number of hydrogen-bond donors (Lipinski definition) is 1. The first-order valence-corrected chi connectivity index (χ1v) is 10.5. The first-order valence-electron chi connectivity index (χ1n) is 10.1. The fourth-order valence-corrected chi connectivity index (χ4v) is 3.76. The number of piperazine rings is 1. The molecule has 1 saturated heterocycles. The first-order chi connectivity index (χ1) is 14.0. The molecule has 1 unspecified atom stereocenters. The van der Waals surface area contributed by atoms with Gasteiger partial charge >= 0.3 is 0 Å². The number of halogens is 1. The first kappa shape index (κ1) is 21.6. The smallest absolute Gasteiger partial charge is 0.162 e. The Hall–Kier alpha value is -2.08. The van der Waals surface area contributed by atoms with Crippen LogP contribution in [0.2, 0.25) is 5.02 Å². The van der Waals surface area contributed by atoms with Crippen LogP contribution >= 0.6 is 11.6 Å². The van der Waals surface area contributed by atoms with Gasteiger partial charge in [-0.2, -0.15) is 0 Å². The zero-order valence-electron chi connectivity index (χ0n) is 17.1. The minimum absolute atomic E-state index is 0.115. The number of aliphatic hydroxyl groups excluding tert-OH is 1. The average molecular weight is 417 g/mol. The van der Waals surface area contributed by atoms with Gasteiger partial charge in [0.1, 0.15) is 18.5 Å². The van der Waals surface area contributed by atoms with Gasteiger partial charge in [-0.05, 0) is 48.9 Å². The van der Waals surface area contributed by atoms with Crippen LogP contribution in [-0.2, 0) is 0 Å². The van der Waals surface area contributed by atoms with E-state index < -0.39 is 6.10 Å². The Morgan fingerprint density at radius 3 is 2.48 bits per heavy atom. The fraction of sp³-hybridized carbons (Fsp3) is 0.435. The number of carbonyl (C=O) groups excluding carboxylic acids is 1. The molecule has 0 saturated carbocycles. The Morgan fingerprint density at radius 2 is 1.83 bits per heavy atom. The number of nitrogens with zero attached hydrogens (tertiary/aromatic N) is 2. The van der Waals surface area contributed by atoms with Crippen LogP contribution < -0.4 is 9.64 Å². The maximum Gasteiger partial charge on any atom is 0.162 e. The molecule has 5 nitrogen and oxygen atoms in total. The molecule has 1 fully saturated rings. The number of aliphatic hydroxyl groups is 1. The van der Waals surface area contributed by atoms with Crippen LogP contribution in [0, 0.1) is 6.92 Å². The third-order valence-corrected chi connectivity index (χ3v) is 5.77. The number of β-amino-alcohol motifs (C(OH)–C–C–N with tert-alkyl or cyclic N) is 1. The van der Waals surface area contributed by atoms with E-state index in [0.29, 0.717) is 24.3 Å². The number of carbonyl (C=O) groups is 1. The molecule has 0 bridgehead atoms. The molecular formula is C23H29ClN2O3. The Bertz CT molecular complexity index is 817. The fourth-order valence-electron chi connectivity index (χ4n) is 3.59. The molecule has 156 valence electrons. The van der Waals surface area contributed by atoms with Crippen molar-refractivity contribution in [3.63, 3.8) is 0 Å². The summed E-state index contributed by atoms with van der Waals surface area (Å²) in [5.41, 5.74) is 2.99. The topological polar surface area (TPSA) is 53.0 Å². The van der Waals surface area contributed by atoms with Crippen molar-refractivity contribution in [2.24, 2.45) is 0 Å². The van der Waals surface area contributed by atoms with Crippen LogP contribution in [0.1, 0.15) is 29.3 Å². The molecule has 2 aromatic rings. The molecule has 2 aromatic carbocycles. The monoisotopic (exact) mass is 416 g/mol. The van der Waals surface area contributed by atoms with E-state index in [9.17, 15) is 9.90 Å². The molecule has 6 heteroatoms. The van der Waals surface area contributed by atoms with Gasteiger partial charge in [-0.3, -0.25) is 9.69 Å². The van der Waals surface area contributed by atoms with Gasteiger partial charge in [-0.1, -0.05) is 24.6 Å². The van der Waals surface area contributed by atoms with Crippen molar-refractivity contribution in [1.82, 2.24) is 4.90 Å². The third kappa shape index (κ3) is 5.72. The van der Waals surface area contributed by atoms with E-state index in [-0.39, 0.29) is 12.4 Å². The second kappa shape index (κ2) is 10.1. The van der Waals surface area contributed by atoms with E-state index in [1.807, 2.05) is 19.1 Å². The van der Waals surface area contributed by atoms with Gasteiger partial charge < -0.3 is 14.7 Å². The highest BCUT2D eigenvalue weighted by Gasteiger charge is 2.21. The second-order valence-corrected chi connectivity index (χ2v) is 7.84. The minimum atomic E-state index is -0.564. The molecule has 1 heterocycles. The predicted octanol–water partition coefficient (Wildman–Crippen LogP) is 3.80. The summed E-state index contributed by atoms with van der Waals surface area (Å²) in [5, 5.41) is 11.2. The number of Topliss-reactive ketones (excluding diaryl/α,β-unsaturated/α-hetero) is 1. The Balaban J connectivity index is 1.43. The van der Waals surface area contributed by atoms with Crippen molar-refractivity contribution in [3.05, 3.63) is 58.6 Å². The van der Waals surface area contributed by atoms with Crippen LogP contribution in [0.4, 0.5) is 5.69 Å². The van der Waals surface area contributed by atoms with E-state index >= 15 is 0 Å². The molecule has 1 aliphatic heterocycles. The quantitative estimate of drug-likeness (QED) is 0.663. The number of hydrogen-bond acceptors (Lipinski definition) is 5. The van der Waals surface area contributed by atoms with Crippen molar-refractivity contribution in [2.75, 3.05) is 44.2 Å². The van der Waals surface area contributed by atoms with E-state index in [2.05, 4.69) is 22.8 Å². The summed E-state index contributed by atoms with van der Waals surface area (Å²) in [6, 6.07) is 13.1. The van der Waals surface area contributed by atoms with Crippen LogP contribution in [0.25, 0.3) is 0 Å². The van der Waals surface area contributed by atoms with E-state index in [1.54, 1.807) is 24.3 Å². The lowest BCUT2D eigenvalue weighted by Gasteiger charge is -2.37. The maximum atomic E-state index is 11.7. The minimum Gasteiger partial charge on any atom is -0.491 e. The van der Waals surface area contributed by atoms with Gasteiger partial charge in [0, 0.05) is 55.4 Å². The third-order valence-electron chi connectivity index (χ3n) is 5.36. The van der Waals surface area contributed by atoms with Gasteiger partial charge in [0.2, 0.25) is 0 Å². The molecule has 3 rings (SSSR count). The molecule has 1 N–H and O–H groups in total. The number of ketones is 1. The molecule has 1 aliphatic rings. The molecule has 0 aromatic heterocycles. The molecule has 29 heavy (non-hydrogen) atoms. The second-order valence-electron chi connectivity index (χ2n) is 7.44. The molecule has 1 atom stereocenters. The number of benzene rings is 2. The SMILES string of the molecule is CCC(=O)c1ccc(OCC(O)CN2CCN(c3cccc(Cl)c3C)CC2)cc1. The Kier molecular flexibility index (Phi) is 7.53. The van der Waals surface area contributed by atoms with Crippen molar-refractivity contribution in [3.8, 4) is 5.75 Å². The van der Waals surface area contributed by atoms with Gasteiger partial charge in [0.25, 0.3) is 0 Å². The standard InChI is InChI=1S/C23H29ClN2O3/c1-3-23(28)18-7-9-20(10-8-18)29-16-19(27)15-25-11-13-26(14-12-25)22-6-4-5-21(24)17(22)2/h4-10,19,27H,3,11-16H2,1-2H3. The zero-order chi connectivity index (χ0) is 20.8. The number of anilines is 1. The highest BCUT2D eigenvalue weighted by Crippen LogP contribution is 2.27. The normalized spacial score (nSPS) is 15.9. The zero-order valence-corrected chi connectivity index (χ0v) is 17.9. The van der Waals surface area contributed by atoms with Crippen molar-refractivity contribution in [2.45, 2.75) is 26.4 Å². The number of ether oxygens (including phenoxy) is 1. The average Bonchev–Trinajstić information content (AvgIpc) is 2.75. The molecule has 0 amide bonds. The molecular weight excluding hydrogens is 388 g/mol. The summed E-state index contributed by atoms with van der Waals surface area (Å²) in [6.45, 7) is 8.29. The lowest BCUT2D eigenvalue weighted by atomic mass is 10.1. The lowest BCUT2D eigenvalue weighted by Crippen LogP contribution is -2.49. The Labute approximate surface area is 177 Å². The van der Waals surface area contributed by atoms with Crippen LogP contribution in [-0.4, -0.2) is 61.2 Å². The van der Waals surface area contributed by atoms with E-state index in [4.69, 9.17) is 16.3 Å². The van der Waals surface area contributed by atoms with Crippen LogP contribution in [0.3, 0.4) is 0 Å². The molecule has 0 aliphatic carbocycles. The molecule has 0 radical (unpaired) electrons. The highest BCUT2D eigenvalue weighted by molar-refractivity contribution is 6.31. The largest absolute Gasteiger partial charge is 0.491 e. The van der Waals surface area contributed by atoms with Gasteiger partial charge in [-0.15, -0.1) is 0 Å². The van der Waals surface area contributed by atoms with Crippen molar-refractivity contribution >= 4 is 23.1 Å². The number of rotatable bonds is 8. The van der Waals surface area contributed by atoms with Crippen molar-refractivity contribution < 1.29 is 14.6 Å². The maximum absolute atomic E-state index is 11.7. The van der Waals surface area contributed by atoms with E-state index in [1.165, 1.54) is 5.69 Å². The van der Waals surface area contributed by atoms with E-state index in [0.717, 1.165) is 36.8 Å². The van der Waals surface area contributed by atoms with Gasteiger partial charge in [0.05, 0.1) is 0 Å². The van der Waals surface area contributed by atoms with Crippen molar-refractivity contribution in [1.29, 1.82) is 0 Å². The summed E-state index contributed by atoms with van der Waals surface area (Å²) < 4.78 is 5.68.